The molecule has 0 aliphatic carbocycles. The topological polar surface area (TPSA) is 116 Å². The number of urea groups is 2. The van der Waals surface area contributed by atoms with Crippen LogP contribution in [0.4, 0.5) is 21.1 Å². The maximum absolute atomic E-state index is 12.7. The minimum atomic E-state index is -0.610. The molecule has 3 N–H and O–H groups in total. The summed E-state index contributed by atoms with van der Waals surface area (Å²) in [5.41, 5.74) is 1.33. The lowest BCUT2D eigenvalue weighted by molar-refractivity contribution is -0.119. The maximum atomic E-state index is 12.7. The molecule has 5 amide bonds. The number of nitrogens with zero attached hydrogens (tertiary/aromatic N) is 3. The van der Waals surface area contributed by atoms with E-state index in [1.54, 1.807) is 42.6 Å². The lowest BCUT2D eigenvalue weighted by Gasteiger charge is -2.33. The molecule has 1 aliphatic heterocycles. The quantitative estimate of drug-likeness (QED) is 0.393. The normalized spacial score (nSPS) is 13.6. The summed E-state index contributed by atoms with van der Waals surface area (Å²) in [6.45, 7) is 2.48. The molecule has 1 aliphatic rings. The number of aromatic nitrogens is 1. The average Bonchev–Trinajstić information content (AvgIpc) is 2.90. The van der Waals surface area contributed by atoms with Crippen molar-refractivity contribution in [2.75, 3.05) is 44.4 Å². The van der Waals surface area contributed by atoms with Gasteiger partial charge >= 0.3 is 12.1 Å². The van der Waals surface area contributed by atoms with Crippen LogP contribution in [-0.4, -0.2) is 66.5 Å². The molecular weight excluding hydrogens is 496 g/mol. The second-order valence-corrected chi connectivity index (χ2v) is 9.79. The Labute approximate surface area is 228 Å². The predicted molar refractivity (Wildman–Crippen MR) is 150 cm³/mol. The molecule has 2 heterocycles. The highest BCUT2D eigenvalue weighted by Crippen LogP contribution is 2.25. The lowest BCUT2D eigenvalue weighted by Crippen LogP contribution is -2.42. The monoisotopic (exact) mass is 530 g/mol. The highest BCUT2D eigenvalue weighted by atomic mass is 16.5. The Morgan fingerprint density at radius 3 is 2.36 bits per heavy atom. The molecule has 0 saturated carbocycles. The maximum Gasteiger partial charge on any atom is 0.325 e. The zero-order valence-electron chi connectivity index (χ0n) is 22.2. The van der Waals surface area contributed by atoms with Crippen molar-refractivity contribution in [2.24, 2.45) is 5.92 Å². The van der Waals surface area contributed by atoms with Crippen LogP contribution >= 0.6 is 0 Å². The molecule has 0 unspecified atom stereocenters. The standard InChI is InChI=1S/C29H34N6O4/c1-34(2)20-22-13-16-35(17-14-22)29(38)32-26-19-25(12-15-30-26)39-24-10-8-23(9-11-24)31-28(37)33-27(36)18-21-6-4-3-5-7-21/h3-12,15,19,22H,13-14,16-18,20H2,1-2H3,(H,30,32,38)(H2,31,33,36,37). The van der Waals surface area contributed by atoms with Crippen LogP contribution in [0.25, 0.3) is 0 Å². The van der Waals surface area contributed by atoms with Crippen LogP contribution < -0.4 is 20.7 Å². The summed E-state index contributed by atoms with van der Waals surface area (Å²) in [7, 11) is 4.14. The van der Waals surface area contributed by atoms with Crippen LogP contribution in [0.3, 0.4) is 0 Å². The molecule has 3 aromatic rings. The van der Waals surface area contributed by atoms with Crippen molar-refractivity contribution < 1.29 is 19.1 Å². The van der Waals surface area contributed by atoms with Gasteiger partial charge < -0.3 is 19.9 Å². The molecule has 2 aromatic carbocycles. The zero-order chi connectivity index (χ0) is 27.6. The fourth-order valence-electron chi connectivity index (χ4n) is 4.42. The van der Waals surface area contributed by atoms with Crippen LogP contribution in [0.2, 0.25) is 0 Å². The van der Waals surface area contributed by atoms with Gasteiger partial charge in [-0.15, -0.1) is 0 Å². The third kappa shape index (κ3) is 8.82. The number of piperidine rings is 1. The summed E-state index contributed by atoms with van der Waals surface area (Å²) < 4.78 is 5.90. The minimum Gasteiger partial charge on any atom is -0.457 e. The Bertz CT molecular complexity index is 1260. The molecule has 39 heavy (non-hydrogen) atoms. The van der Waals surface area contributed by atoms with Crippen molar-refractivity contribution >= 4 is 29.5 Å². The summed E-state index contributed by atoms with van der Waals surface area (Å²) >= 11 is 0. The Morgan fingerprint density at radius 1 is 0.949 bits per heavy atom. The molecule has 204 valence electrons. The van der Waals surface area contributed by atoms with E-state index in [1.807, 2.05) is 35.2 Å². The SMILES string of the molecule is CN(C)CC1CCN(C(=O)Nc2cc(Oc3ccc(NC(=O)NC(=O)Cc4ccccc4)cc3)ccn2)CC1. The molecule has 10 heteroatoms. The van der Waals surface area contributed by atoms with Crippen molar-refractivity contribution in [3.05, 3.63) is 78.5 Å². The molecule has 1 saturated heterocycles. The third-order valence-corrected chi connectivity index (χ3v) is 6.30. The van der Waals surface area contributed by atoms with Gasteiger partial charge in [-0.25, -0.2) is 14.6 Å². The predicted octanol–water partition coefficient (Wildman–Crippen LogP) is 4.57. The molecule has 4 rings (SSSR count). The number of hydrogen-bond donors (Lipinski definition) is 3. The second kappa shape index (κ2) is 13.4. The van der Waals surface area contributed by atoms with Crippen molar-refractivity contribution in [3.63, 3.8) is 0 Å². The fourth-order valence-corrected chi connectivity index (χ4v) is 4.42. The van der Waals surface area contributed by atoms with Crippen molar-refractivity contribution in [2.45, 2.75) is 19.3 Å². The van der Waals surface area contributed by atoms with Gasteiger partial charge in [-0.3, -0.25) is 15.4 Å². The summed E-state index contributed by atoms with van der Waals surface area (Å²) in [5, 5.41) is 7.81. The number of benzene rings is 2. The first-order valence-corrected chi connectivity index (χ1v) is 12.9. The largest absolute Gasteiger partial charge is 0.457 e. The van der Waals surface area contributed by atoms with Crippen molar-refractivity contribution in [1.82, 2.24) is 20.1 Å². The van der Waals surface area contributed by atoms with Gasteiger partial charge in [-0.05, 0) is 68.8 Å². The Kier molecular flexibility index (Phi) is 9.47. The molecule has 0 atom stereocenters. The fraction of sp³-hybridized carbons (Fsp3) is 0.310. The van der Waals surface area contributed by atoms with E-state index in [1.165, 1.54) is 0 Å². The number of hydrogen-bond acceptors (Lipinski definition) is 6. The summed E-state index contributed by atoms with van der Waals surface area (Å²) in [5.74, 6) is 1.66. The number of carbonyl (C=O) groups excluding carboxylic acids is 3. The first kappa shape index (κ1) is 27.6. The number of anilines is 2. The Balaban J connectivity index is 1.24. The number of carbonyl (C=O) groups is 3. The van der Waals surface area contributed by atoms with Crippen LogP contribution in [-0.2, 0) is 11.2 Å². The van der Waals surface area contributed by atoms with E-state index in [2.05, 4.69) is 39.9 Å². The van der Waals surface area contributed by atoms with Crippen LogP contribution in [0.15, 0.2) is 72.9 Å². The number of ether oxygens (including phenoxy) is 1. The first-order chi connectivity index (χ1) is 18.8. The van der Waals surface area contributed by atoms with Gasteiger partial charge in [0.1, 0.15) is 17.3 Å². The zero-order valence-corrected chi connectivity index (χ0v) is 22.2. The van der Waals surface area contributed by atoms with Crippen molar-refractivity contribution in [1.29, 1.82) is 0 Å². The van der Waals surface area contributed by atoms with Crippen LogP contribution in [0.1, 0.15) is 18.4 Å². The van der Waals surface area contributed by atoms with Gasteiger partial charge in [0.2, 0.25) is 5.91 Å². The second-order valence-electron chi connectivity index (χ2n) is 9.79. The number of nitrogens with one attached hydrogen (secondary N) is 3. The van der Waals surface area contributed by atoms with Gasteiger partial charge in [-0.2, -0.15) is 0 Å². The first-order valence-electron chi connectivity index (χ1n) is 12.9. The Hall–Kier alpha value is -4.44. The third-order valence-electron chi connectivity index (χ3n) is 6.30. The highest BCUT2D eigenvalue weighted by Gasteiger charge is 2.23. The van der Waals surface area contributed by atoms with Crippen molar-refractivity contribution in [3.8, 4) is 11.5 Å². The molecule has 10 nitrogen and oxygen atoms in total. The Morgan fingerprint density at radius 2 is 1.67 bits per heavy atom. The molecule has 0 bridgehead atoms. The molecule has 1 aromatic heterocycles. The van der Waals surface area contributed by atoms with E-state index in [9.17, 15) is 14.4 Å². The van der Waals surface area contributed by atoms with Gasteiger partial charge in [0, 0.05) is 37.6 Å². The lowest BCUT2D eigenvalue weighted by atomic mass is 9.97. The summed E-state index contributed by atoms with van der Waals surface area (Å²) in [6.07, 6.45) is 3.66. The van der Waals surface area contributed by atoms with E-state index >= 15 is 0 Å². The van der Waals surface area contributed by atoms with E-state index in [-0.39, 0.29) is 12.5 Å². The minimum absolute atomic E-state index is 0.116. The van der Waals surface area contributed by atoms with E-state index in [0.29, 0.717) is 28.9 Å². The molecule has 0 spiro atoms. The number of pyridine rings is 1. The van der Waals surface area contributed by atoms with E-state index < -0.39 is 11.9 Å². The average molecular weight is 531 g/mol. The number of imide groups is 1. The van der Waals surface area contributed by atoms with Gasteiger partial charge in [-0.1, -0.05) is 30.3 Å². The highest BCUT2D eigenvalue weighted by molar-refractivity contribution is 6.01. The number of likely N-dealkylation sites (tertiary alicyclic amines) is 1. The van der Waals surface area contributed by atoms with Gasteiger partial charge in [0.15, 0.2) is 0 Å². The van der Waals surface area contributed by atoms with Gasteiger partial charge in [0.25, 0.3) is 0 Å². The number of rotatable bonds is 8. The summed E-state index contributed by atoms with van der Waals surface area (Å²) in [4.78, 5) is 45.2. The van der Waals surface area contributed by atoms with Crippen LogP contribution in [0.5, 0.6) is 11.5 Å². The smallest absolute Gasteiger partial charge is 0.325 e. The van der Waals surface area contributed by atoms with E-state index in [4.69, 9.17) is 4.74 Å². The molecule has 1 fully saturated rings. The summed E-state index contributed by atoms with van der Waals surface area (Å²) in [6, 6.07) is 18.5. The van der Waals surface area contributed by atoms with E-state index in [0.717, 1.165) is 38.0 Å². The van der Waals surface area contributed by atoms with Crippen LogP contribution in [0, 0.1) is 5.92 Å². The molecule has 0 radical (unpaired) electrons. The van der Waals surface area contributed by atoms with Gasteiger partial charge in [0.05, 0.1) is 6.42 Å². The molecular formula is C29H34N6O4. The number of amides is 5.